The topological polar surface area (TPSA) is 89.3 Å². The molecule has 1 aromatic rings. The third kappa shape index (κ3) is 3.54. The summed E-state index contributed by atoms with van der Waals surface area (Å²) in [5.74, 6) is 0.400. The highest BCUT2D eigenvalue weighted by Crippen LogP contribution is 2.29. The Morgan fingerprint density at radius 1 is 1.42 bits per heavy atom. The molecule has 1 saturated carbocycles. The molecule has 1 fully saturated rings. The molecule has 0 heterocycles. The van der Waals surface area contributed by atoms with E-state index in [1.54, 1.807) is 19.1 Å². The van der Waals surface area contributed by atoms with E-state index in [1.165, 1.54) is 12.5 Å². The van der Waals surface area contributed by atoms with Crippen LogP contribution in [0.3, 0.4) is 0 Å². The summed E-state index contributed by atoms with van der Waals surface area (Å²) in [6.07, 6.45) is 3.89. The second kappa shape index (κ2) is 5.30. The Hall–Kier alpha value is -1.40. The first-order valence-electron chi connectivity index (χ1n) is 6.29. The van der Waals surface area contributed by atoms with Crippen LogP contribution in [-0.2, 0) is 14.8 Å². The molecule has 1 amide bonds. The molecule has 5 nitrogen and oxygen atoms in total. The van der Waals surface area contributed by atoms with Crippen LogP contribution in [0.25, 0.3) is 0 Å². The molecule has 104 valence electrons. The van der Waals surface area contributed by atoms with Crippen molar-refractivity contribution in [2.75, 3.05) is 5.32 Å². The number of sulfonamides is 1. The molecule has 6 heteroatoms. The van der Waals surface area contributed by atoms with Crippen LogP contribution >= 0.6 is 0 Å². The van der Waals surface area contributed by atoms with Crippen molar-refractivity contribution in [2.45, 2.75) is 37.5 Å². The van der Waals surface area contributed by atoms with Gasteiger partial charge < -0.3 is 5.32 Å². The van der Waals surface area contributed by atoms with E-state index in [-0.39, 0.29) is 10.8 Å². The average molecular weight is 282 g/mol. The number of hydrogen-bond acceptors (Lipinski definition) is 3. The summed E-state index contributed by atoms with van der Waals surface area (Å²) in [5.41, 5.74) is 1.04. The van der Waals surface area contributed by atoms with Gasteiger partial charge in [-0.25, -0.2) is 13.6 Å². The van der Waals surface area contributed by atoms with Gasteiger partial charge in [0.2, 0.25) is 15.9 Å². The molecule has 1 aliphatic carbocycles. The number of benzene rings is 1. The van der Waals surface area contributed by atoms with Crippen LogP contribution in [0, 0.1) is 12.8 Å². The van der Waals surface area contributed by atoms with E-state index in [1.807, 2.05) is 0 Å². The summed E-state index contributed by atoms with van der Waals surface area (Å²) >= 11 is 0. The van der Waals surface area contributed by atoms with E-state index >= 15 is 0 Å². The number of nitrogens with two attached hydrogens (primary N) is 1. The molecule has 0 aromatic heterocycles. The Balaban J connectivity index is 2.10. The molecular formula is C13H18N2O3S. The third-order valence-electron chi connectivity index (χ3n) is 3.48. The first kappa shape index (κ1) is 14.0. The lowest BCUT2D eigenvalue weighted by atomic mass is 9.83. The van der Waals surface area contributed by atoms with Crippen molar-refractivity contribution in [3.63, 3.8) is 0 Å². The molecule has 0 aliphatic heterocycles. The van der Waals surface area contributed by atoms with Gasteiger partial charge in [0.25, 0.3) is 0 Å². The van der Waals surface area contributed by atoms with Gasteiger partial charge >= 0.3 is 0 Å². The van der Waals surface area contributed by atoms with Crippen LogP contribution in [0.4, 0.5) is 5.69 Å². The van der Waals surface area contributed by atoms with Crippen molar-refractivity contribution in [2.24, 2.45) is 11.1 Å². The summed E-state index contributed by atoms with van der Waals surface area (Å²) in [7, 11) is -3.76. The van der Waals surface area contributed by atoms with Crippen molar-refractivity contribution >= 4 is 21.6 Å². The molecule has 0 atom stereocenters. The van der Waals surface area contributed by atoms with E-state index < -0.39 is 10.0 Å². The fraction of sp³-hybridized carbons (Fsp3) is 0.462. The van der Waals surface area contributed by atoms with Gasteiger partial charge in [-0.15, -0.1) is 0 Å². The van der Waals surface area contributed by atoms with Crippen LogP contribution in [0.5, 0.6) is 0 Å². The van der Waals surface area contributed by atoms with Gasteiger partial charge in [0, 0.05) is 12.1 Å². The van der Waals surface area contributed by atoms with Crippen molar-refractivity contribution in [1.29, 1.82) is 0 Å². The van der Waals surface area contributed by atoms with Gasteiger partial charge in [-0.3, -0.25) is 4.79 Å². The molecule has 0 saturated heterocycles. The zero-order chi connectivity index (χ0) is 14.0. The molecule has 19 heavy (non-hydrogen) atoms. The average Bonchev–Trinajstić information content (AvgIpc) is 2.25. The maximum absolute atomic E-state index is 11.8. The van der Waals surface area contributed by atoms with E-state index in [0.717, 1.165) is 12.8 Å². The van der Waals surface area contributed by atoms with Crippen molar-refractivity contribution in [3.8, 4) is 0 Å². The molecule has 0 radical (unpaired) electrons. The number of amides is 1. The zero-order valence-corrected chi connectivity index (χ0v) is 11.7. The molecule has 0 bridgehead atoms. The van der Waals surface area contributed by atoms with E-state index in [9.17, 15) is 13.2 Å². The fourth-order valence-electron chi connectivity index (χ4n) is 2.16. The van der Waals surface area contributed by atoms with Gasteiger partial charge in [0.1, 0.15) is 0 Å². The first-order chi connectivity index (χ1) is 8.86. The SMILES string of the molecule is Cc1ccc(NC(=O)CC2CCC2)cc1S(N)(=O)=O. The van der Waals surface area contributed by atoms with Gasteiger partial charge in [0.15, 0.2) is 0 Å². The minimum Gasteiger partial charge on any atom is -0.326 e. The lowest BCUT2D eigenvalue weighted by molar-refractivity contribution is -0.117. The lowest BCUT2D eigenvalue weighted by Crippen LogP contribution is -2.21. The molecular weight excluding hydrogens is 264 g/mol. The largest absolute Gasteiger partial charge is 0.326 e. The maximum Gasteiger partial charge on any atom is 0.238 e. The molecule has 1 aromatic carbocycles. The van der Waals surface area contributed by atoms with Crippen molar-refractivity contribution < 1.29 is 13.2 Å². The second-order valence-corrected chi connectivity index (χ2v) is 6.60. The Morgan fingerprint density at radius 3 is 2.63 bits per heavy atom. The number of hydrogen-bond donors (Lipinski definition) is 2. The summed E-state index contributed by atoms with van der Waals surface area (Å²) < 4.78 is 22.8. The third-order valence-corrected chi connectivity index (χ3v) is 4.53. The second-order valence-electron chi connectivity index (χ2n) is 5.07. The number of nitrogens with one attached hydrogen (secondary N) is 1. The highest BCUT2D eigenvalue weighted by Gasteiger charge is 2.21. The normalized spacial score (nSPS) is 15.9. The Bertz CT molecular complexity index is 592. The molecule has 1 aliphatic rings. The van der Waals surface area contributed by atoms with Crippen LogP contribution in [0.1, 0.15) is 31.2 Å². The summed E-state index contributed by atoms with van der Waals surface area (Å²) in [6, 6.07) is 4.73. The highest BCUT2D eigenvalue weighted by molar-refractivity contribution is 7.89. The van der Waals surface area contributed by atoms with Gasteiger partial charge in [-0.1, -0.05) is 12.5 Å². The number of rotatable bonds is 4. The smallest absolute Gasteiger partial charge is 0.238 e. The minimum atomic E-state index is -3.76. The molecule has 0 spiro atoms. The Morgan fingerprint density at radius 2 is 2.11 bits per heavy atom. The first-order valence-corrected chi connectivity index (χ1v) is 7.84. The van der Waals surface area contributed by atoms with Gasteiger partial charge in [-0.05, 0) is 43.4 Å². The van der Waals surface area contributed by atoms with Crippen molar-refractivity contribution in [1.82, 2.24) is 0 Å². The van der Waals surface area contributed by atoms with Crippen molar-refractivity contribution in [3.05, 3.63) is 23.8 Å². The predicted molar refractivity (Wildman–Crippen MR) is 73.1 cm³/mol. The van der Waals surface area contributed by atoms with Crippen LogP contribution in [-0.4, -0.2) is 14.3 Å². The van der Waals surface area contributed by atoms with E-state index in [4.69, 9.17) is 5.14 Å². The fourth-order valence-corrected chi connectivity index (χ4v) is 2.96. The molecule has 3 N–H and O–H groups in total. The van der Waals surface area contributed by atoms with E-state index in [2.05, 4.69) is 5.32 Å². The van der Waals surface area contributed by atoms with E-state index in [0.29, 0.717) is 23.6 Å². The number of primary sulfonamides is 1. The lowest BCUT2D eigenvalue weighted by Gasteiger charge is -2.24. The maximum atomic E-state index is 11.8. The van der Waals surface area contributed by atoms with Gasteiger partial charge in [-0.2, -0.15) is 0 Å². The number of carbonyl (C=O) groups is 1. The summed E-state index contributed by atoms with van der Waals surface area (Å²) in [4.78, 5) is 11.8. The predicted octanol–water partition coefficient (Wildman–Crippen LogP) is 1.77. The Kier molecular flexibility index (Phi) is 3.91. The number of carbonyl (C=O) groups excluding carboxylic acids is 1. The molecule has 0 unspecified atom stereocenters. The van der Waals surface area contributed by atoms with Crippen LogP contribution in [0.2, 0.25) is 0 Å². The van der Waals surface area contributed by atoms with Crippen LogP contribution < -0.4 is 10.5 Å². The summed E-state index contributed by atoms with van der Waals surface area (Å²) in [5, 5.41) is 7.85. The number of aryl methyl sites for hydroxylation is 1. The minimum absolute atomic E-state index is 0.0499. The Labute approximate surface area is 113 Å². The van der Waals surface area contributed by atoms with Gasteiger partial charge in [0.05, 0.1) is 4.90 Å². The van der Waals surface area contributed by atoms with Crippen LogP contribution in [0.15, 0.2) is 23.1 Å². The standard InChI is InChI=1S/C13H18N2O3S/c1-9-5-6-11(8-12(9)19(14,17)18)15-13(16)7-10-3-2-4-10/h5-6,8,10H,2-4,7H2,1H3,(H,15,16)(H2,14,17,18). The summed E-state index contributed by atoms with van der Waals surface area (Å²) in [6.45, 7) is 1.67. The quantitative estimate of drug-likeness (QED) is 0.882. The zero-order valence-electron chi connectivity index (χ0n) is 10.8. The highest BCUT2D eigenvalue weighted by atomic mass is 32.2. The molecule has 2 rings (SSSR count). The number of anilines is 1. The monoisotopic (exact) mass is 282 g/mol.